The van der Waals surface area contributed by atoms with Crippen molar-refractivity contribution >= 4 is 21.6 Å². The molecule has 0 radical (unpaired) electrons. The Hall–Kier alpha value is -3.52. The van der Waals surface area contributed by atoms with Gasteiger partial charge in [-0.1, -0.05) is 63.2 Å². The van der Waals surface area contributed by atoms with E-state index < -0.39 is 22.5 Å². The van der Waals surface area contributed by atoms with Crippen LogP contribution in [0.4, 0.5) is 5.69 Å². The molecule has 3 aromatic rings. The van der Waals surface area contributed by atoms with E-state index in [1.54, 1.807) is 36.4 Å². The number of anilines is 1. The molecule has 0 spiro atoms. The molecule has 0 aliphatic heterocycles. The zero-order valence-corrected chi connectivity index (χ0v) is 22.4. The van der Waals surface area contributed by atoms with Gasteiger partial charge in [-0.25, -0.2) is 8.42 Å². The van der Waals surface area contributed by atoms with Gasteiger partial charge in [-0.15, -0.1) is 0 Å². The van der Waals surface area contributed by atoms with Crippen molar-refractivity contribution in [2.75, 3.05) is 25.1 Å². The first-order valence-electron chi connectivity index (χ1n) is 11.7. The summed E-state index contributed by atoms with van der Waals surface area (Å²) in [7, 11) is -1.12. The van der Waals surface area contributed by atoms with Crippen LogP contribution in [0.15, 0.2) is 77.7 Å². The third-order valence-corrected chi connectivity index (χ3v) is 7.70. The number of hydrogen-bond donors (Lipinski definition) is 1. The van der Waals surface area contributed by atoms with Crippen molar-refractivity contribution in [2.24, 2.45) is 0 Å². The van der Waals surface area contributed by atoms with Crippen LogP contribution in [0.5, 0.6) is 11.5 Å². The molecule has 3 aromatic carbocycles. The molecule has 0 saturated carbocycles. The van der Waals surface area contributed by atoms with Gasteiger partial charge in [0.2, 0.25) is 5.91 Å². The predicted molar refractivity (Wildman–Crippen MR) is 142 cm³/mol. The van der Waals surface area contributed by atoms with E-state index in [1.807, 2.05) is 31.2 Å². The van der Waals surface area contributed by atoms with Crippen LogP contribution < -0.4 is 19.1 Å². The minimum absolute atomic E-state index is 0.0226. The van der Waals surface area contributed by atoms with Crippen molar-refractivity contribution in [3.8, 4) is 11.5 Å². The smallest absolute Gasteiger partial charge is 0.264 e. The fourth-order valence-electron chi connectivity index (χ4n) is 3.78. The van der Waals surface area contributed by atoms with Gasteiger partial charge in [-0.05, 0) is 47.7 Å². The monoisotopic (exact) mass is 510 g/mol. The summed E-state index contributed by atoms with van der Waals surface area (Å²) in [5.74, 6) is 0.330. The summed E-state index contributed by atoms with van der Waals surface area (Å²) in [6.07, 6.45) is 0. The number of methoxy groups -OCH3 is 2. The highest BCUT2D eigenvalue weighted by Gasteiger charge is 2.30. The maximum absolute atomic E-state index is 13.6. The second kappa shape index (κ2) is 11.0. The normalized spacial score (nSPS) is 12.5. The summed E-state index contributed by atoms with van der Waals surface area (Å²) in [6.45, 7) is 7.87. The lowest BCUT2D eigenvalue weighted by Gasteiger charge is -2.27. The van der Waals surface area contributed by atoms with Crippen LogP contribution in [0.3, 0.4) is 0 Å². The van der Waals surface area contributed by atoms with E-state index in [4.69, 9.17) is 9.47 Å². The van der Waals surface area contributed by atoms with Crippen molar-refractivity contribution in [1.82, 2.24) is 5.32 Å². The lowest BCUT2D eigenvalue weighted by molar-refractivity contribution is -0.120. The number of amides is 1. The molecule has 7 nitrogen and oxygen atoms in total. The number of carbonyl (C=O) groups is 1. The molecule has 0 aromatic heterocycles. The fourth-order valence-corrected chi connectivity index (χ4v) is 5.24. The minimum atomic E-state index is -4.07. The maximum Gasteiger partial charge on any atom is 0.264 e. The molecule has 1 unspecified atom stereocenters. The standard InChI is InChI=1S/C28H34N2O5S/c1-20(21-12-14-22(15-13-21)28(2,3)4)29-27(31)19-30(36(32,33)24-10-8-7-9-11-24)25-17-16-23(34-5)18-26(25)35-6/h7-18,20H,19H2,1-6H3,(H,29,31). The van der Waals surface area contributed by atoms with Gasteiger partial charge in [0.25, 0.3) is 10.0 Å². The van der Waals surface area contributed by atoms with Crippen molar-refractivity contribution in [3.63, 3.8) is 0 Å². The predicted octanol–water partition coefficient (Wildman–Crippen LogP) is 5.07. The first-order chi connectivity index (χ1) is 17.0. The highest BCUT2D eigenvalue weighted by molar-refractivity contribution is 7.92. The Bertz CT molecular complexity index is 1280. The number of hydrogen-bond acceptors (Lipinski definition) is 5. The quantitative estimate of drug-likeness (QED) is 0.434. The van der Waals surface area contributed by atoms with Crippen LogP contribution in [0, 0.1) is 0 Å². The highest BCUT2D eigenvalue weighted by Crippen LogP contribution is 2.35. The zero-order valence-electron chi connectivity index (χ0n) is 21.6. The van der Waals surface area contributed by atoms with Gasteiger partial charge in [0.15, 0.2) is 0 Å². The summed E-state index contributed by atoms with van der Waals surface area (Å²) < 4.78 is 39.0. The van der Waals surface area contributed by atoms with E-state index in [0.717, 1.165) is 9.87 Å². The van der Waals surface area contributed by atoms with Crippen LogP contribution in [0.2, 0.25) is 0 Å². The minimum Gasteiger partial charge on any atom is -0.497 e. The average molecular weight is 511 g/mol. The van der Waals surface area contributed by atoms with Crippen molar-refractivity contribution < 1.29 is 22.7 Å². The van der Waals surface area contributed by atoms with Gasteiger partial charge in [-0.3, -0.25) is 9.10 Å². The molecule has 0 bridgehead atoms. The first kappa shape index (κ1) is 27.1. The van der Waals surface area contributed by atoms with Gasteiger partial charge in [0, 0.05) is 6.07 Å². The van der Waals surface area contributed by atoms with E-state index in [1.165, 1.54) is 31.9 Å². The first-order valence-corrected chi connectivity index (χ1v) is 13.1. The fraction of sp³-hybridized carbons (Fsp3) is 0.321. The van der Waals surface area contributed by atoms with Crippen LogP contribution >= 0.6 is 0 Å². The van der Waals surface area contributed by atoms with E-state index in [-0.39, 0.29) is 27.8 Å². The van der Waals surface area contributed by atoms with Crippen LogP contribution in [-0.4, -0.2) is 35.1 Å². The molecule has 0 heterocycles. The van der Waals surface area contributed by atoms with Crippen LogP contribution in [0.25, 0.3) is 0 Å². The number of nitrogens with zero attached hydrogens (tertiary/aromatic N) is 1. The van der Waals surface area contributed by atoms with Gasteiger partial charge in [0.1, 0.15) is 18.0 Å². The molecule has 0 aliphatic carbocycles. The van der Waals surface area contributed by atoms with Gasteiger partial charge in [-0.2, -0.15) is 0 Å². The Labute approximate surface area is 214 Å². The summed E-state index contributed by atoms with van der Waals surface area (Å²) in [5.41, 5.74) is 2.38. The van der Waals surface area contributed by atoms with Gasteiger partial charge < -0.3 is 14.8 Å². The van der Waals surface area contributed by atoms with Crippen molar-refractivity contribution in [2.45, 2.75) is 44.0 Å². The number of rotatable bonds is 9. The molecule has 36 heavy (non-hydrogen) atoms. The number of nitrogens with one attached hydrogen (secondary N) is 1. The topological polar surface area (TPSA) is 84.9 Å². The number of benzene rings is 3. The molecular weight excluding hydrogens is 476 g/mol. The van der Waals surface area contributed by atoms with E-state index in [0.29, 0.717) is 5.75 Å². The molecule has 192 valence electrons. The number of sulfonamides is 1. The summed E-state index contributed by atoms with van der Waals surface area (Å²) >= 11 is 0. The van der Waals surface area contributed by atoms with Crippen molar-refractivity contribution in [1.29, 1.82) is 0 Å². The Morgan fingerprint density at radius 3 is 2.14 bits per heavy atom. The summed E-state index contributed by atoms with van der Waals surface area (Å²) in [5, 5.41) is 2.93. The molecule has 1 atom stereocenters. The van der Waals surface area contributed by atoms with E-state index in [2.05, 4.69) is 26.1 Å². The summed E-state index contributed by atoms with van der Waals surface area (Å²) in [6, 6.07) is 20.5. The third-order valence-electron chi connectivity index (χ3n) is 5.93. The Kier molecular flexibility index (Phi) is 8.30. The maximum atomic E-state index is 13.6. The van der Waals surface area contributed by atoms with Gasteiger partial charge >= 0.3 is 0 Å². The Morgan fingerprint density at radius 1 is 0.944 bits per heavy atom. The second-order valence-corrected chi connectivity index (χ2v) is 11.4. The molecule has 3 rings (SSSR count). The molecule has 0 fully saturated rings. The average Bonchev–Trinajstić information content (AvgIpc) is 2.87. The van der Waals surface area contributed by atoms with E-state index in [9.17, 15) is 13.2 Å². The molecule has 0 saturated heterocycles. The Morgan fingerprint density at radius 2 is 1.58 bits per heavy atom. The largest absolute Gasteiger partial charge is 0.497 e. The lowest BCUT2D eigenvalue weighted by atomic mass is 9.86. The Balaban J connectivity index is 1.91. The van der Waals surface area contributed by atoms with Gasteiger partial charge in [0.05, 0.1) is 30.8 Å². The second-order valence-electron chi connectivity index (χ2n) is 9.52. The van der Waals surface area contributed by atoms with Crippen LogP contribution in [-0.2, 0) is 20.2 Å². The highest BCUT2D eigenvalue weighted by atomic mass is 32.2. The molecule has 0 aliphatic rings. The van der Waals surface area contributed by atoms with Crippen molar-refractivity contribution in [3.05, 3.63) is 83.9 Å². The molecule has 1 amide bonds. The zero-order chi connectivity index (χ0) is 26.5. The van der Waals surface area contributed by atoms with E-state index >= 15 is 0 Å². The number of carbonyl (C=O) groups excluding carboxylic acids is 1. The molecule has 8 heteroatoms. The molecule has 1 N–H and O–H groups in total. The third kappa shape index (κ3) is 6.18. The number of ether oxygens (including phenoxy) is 2. The van der Waals surface area contributed by atoms with Crippen LogP contribution in [0.1, 0.15) is 44.9 Å². The molecular formula is C28H34N2O5S. The lowest BCUT2D eigenvalue weighted by Crippen LogP contribution is -2.41. The SMILES string of the molecule is COc1ccc(N(CC(=O)NC(C)c2ccc(C(C)(C)C)cc2)S(=O)(=O)c2ccccc2)c(OC)c1. The summed E-state index contributed by atoms with van der Waals surface area (Å²) in [4.78, 5) is 13.2.